The third-order valence-corrected chi connectivity index (χ3v) is 2.11. The Morgan fingerprint density at radius 1 is 1.75 bits per heavy atom. The second-order valence-corrected chi connectivity index (χ2v) is 3.13. The molecule has 0 amide bonds. The molecule has 0 bridgehead atoms. The van der Waals surface area contributed by atoms with Crippen molar-refractivity contribution in [3.05, 3.63) is 0 Å². The van der Waals surface area contributed by atoms with Gasteiger partial charge in [0.1, 0.15) is 0 Å². The lowest BCUT2D eigenvalue weighted by Gasteiger charge is -1.94. The lowest BCUT2D eigenvalue weighted by Crippen LogP contribution is -1.92. The van der Waals surface area contributed by atoms with Crippen molar-refractivity contribution in [3.63, 3.8) is 0 Å². The number of rotatable bonds is 0. The Labute approximate surface area is 54.6 Å². The molecule has 1 aliphatic heterocycles. The monoisotopic (exact) mass is 129 g/mol. The van der Waals surface area contributed by atoms with Gasteiger partial charge in [-0.15, -0.1) is 11.8 Å². The summed E-state index contributed by atoms with van der Waals surface area (Å²) in [5, 5.41) is 1.33. The average molecular weight is 129 g/mol. The summed E-state index contributed by atoms with van der Waals surface area (Å²) in [6.45, 7) is 3.29. The summed E-state index contributed by atoms with van der Waals surface area (Å²) < 4.78 is 0. The van der Waals surface area contributed by atoms with Crippen LogP contribution in [0.25, 0.3) is 0 Å². The van der Waals surface area contributed by atoms with E-state index in [-0.39, 0.29) is 0 Å². The maximum atomic E-state index is 4.31. The van der Waals surface area contributed by atoms with Crippen LogP contribution in [0, 0.1) is 5.92 Å². The Bertz CT molecular complexity index is 109. The normalized spacial score (nSPS) is 28.2. The minimum atomic E-state index is 0.803. The quantitative estimate of drug-likeness (QED) is 0.485. The SMILES string of the molecule is CSC1=NC[C@@H](C)C1. The molecule has 0 spiro atoms. The van der Waals surface area contributed by atoms with Crippen LogP contribution in [0.2, 0.25) is 0 Å². The van der Waals surface area contributed by atoms with Crippen LogP contribution in [0.1, 0.15) is 13.3 Å². The molecule has 1 atom stereocenters. The van der Waals surface area contributed by atoms with Gasteiger partial charge < -0.3 is 0 Å². The van der Waals surface area contributed by atoms with Crippen LogP contribution in [-0.4, -0.2) is 17.8 Å². The first-order valence-corrected chi connectivity index (χ1v) is 4.12. The molecule has 0 saturated heterocycles. The summed E-state index contributed by atoms with van der Waals surface area (Å²) in [5.41, 5.74) is 0. The van der Waals surface area contributed by atoms with E-state index in [9.17, 15) is 0 Å². The minimum Gasteiger partial charge on any atom is -0.283 e. The third-order valence-electron chi connectivity index (χ3n) is 1.34. The van der Waals surface area contributed by atoms with Gasteiger partial charge in [-0.05, 0) is 18.6 Å². The maximum absolute atomic E-state index is 4.31. The number of hydrogen-bond acceptors (Lipinski definition) is 2. The van der Waals surface area contributed by atoms with E-state index in [1.807, 2.05) is 0 Å². The predicted octanol–water partition coefficient (Wildman–Crippen LogP) is 1.79. The molecule has 1 rings (SSSR count). The van der Waals surface area contributed by atoms with E-state index in [1.165, 1.54) is 11.5 Å². The molecule has 8 heavy (non-hydrogen) atoms. The molecule has 0 radical (unpaired) electrons. The molecule has 0 N–H and O–H groups in total. The average Bonchev–Trinajstić information content (AvgIpc) is 2.14. The third kappa shape index (κ3) is 1.25. The molecule has 0 aliphatic carbocycles. The van der Waals surface area contributed by atoms with Crippen LogP contribution in [0.15, 0.2) is 4.99 Å². The van der Waals surface area contributed by atoms with E-state index < -0.39 is 0 Å². The molecule has 0 aromatic heterocycles. The lowest BCUT2D eigenvalue weighted by atomic mass is 10.2. The fourth-order valence-electron chi connectivity index (χ4n) is 0.833. The van der Waals surface area contributed by atoms with E-state index in [2.05, 4.69) is 18.2 Å². The van der Waals surface area contributed by atoms with Crippen LogP contribution >= 0.6 is 11.8 Å². The largest absolute Gasteiger partial charge is 0.283 e. The molecular weight excluding hydrogens is 118 g/mol. The Morgan fingerprint density at radius 3 is 2.75 bits per heavy atom. The van der Waals surface area contributed by atoms with Crippen molar-refractivity contribution in [2.24, 2.45) is 10.9 Å². The highest BCUT2D eigenvalue weighted by atomic mass is 32.2. The van der Waals surface area contributed by atoms with Crippen molar-refractivity contribution in [1.82, 2.24) is 0 Å². The first-order valence-electron chi connectivity index (χ1n) is 2.90. The summed E-state index contributed by atoms with van der Waals surface area (Å²) in [6, 6.07) is 0. The summed E-state index contributed by atoms with van der Waals surface area (Å²) in [4.78, 5) is 4.31. The van der Waals surface area contributed by atoms with Gasteiger partial charge in [0.25, 0.3) is 0 Å². The minimum absolute atomic E-state index is 0.803. The van der Waals surface area contributed by atoms with Gasteiger partial charge >= 0.3 is 0 Å². The molecule has 2 heteroatoms. The van der Waals surface area contributed by atoms with E-state index in [0.717, 1.165) is 12.5 Å². The predicted molar refractivity (Wildman–Crippen MR) is 39.6 cm³/mol. The molecule has 0 aromatic carbocycles. The molecule has 0 fully saturated rings. The fourth-order valence-corrected chi connectivity index (χ4v) is 1.49. The molecule has 0 aromatic rings. The summed E-state index contributed by atoms with van der Waals surface area (Å²) in [6.07, 6.45) is 3.30. The summed E-state index contributed by atoms with van der Waals surface area (Å²) in [7, 11) is 0. The molecule has 1 heterocycles. The van der Waals surface area contributed by atoms with Gasteiger partial charge in [-0.1, -0.05) is 6.92 Å². The van der Waals surface area contributed by atoms with Crippen LogP contribution < -0.4 is 0 Å². The van der Waals surface area contributed by atoms with Crippen molar-refractivity contribution in [2.45, 2.75) is 13.3 Å². The van der Waals surface area contributed by atoms with Crippen molar-refractivity contribution >= 4 is 16.8 Å². The highest BCUT2D eigenvalue weighted by Gasteiger charge is 2.11. The first-order chi connectivity index (χ1) is 3.83. The zero-order valence-corrected chi connectivity index (χ0v) is 6.16. The van der Waals surface area contributed by atoms with Crippen molar-refractivity contribution in [2.75, 3.05) is 12.8 Å². The highest BCUT2D eigenvalue weighted by molar-refractivity contribution is 8.13. The molecule has 0 saturated carbocycles. The van der Waals surface area contributed by atoms with Crippen molar-refractivity contribution in [3.8, 4) is 0 Å². The van der Waals surface area contributed by atoms with Crippen LogP contribution in [0.5, 0.6) is 0 Å². The van der Waals surface area contributed by atoms with Crippen LogP contribution in [0.3, 0.4) is 0 Å². The molecule has 0 unspecified atom stereocenters. The van der Waals surface area contributed by atoms with Crippen LogP contribution in [0.4, 0.5) is 0 Å². The topological polar surface area (TPSA) is 12.4 Å². The highest BCUT2D eigenvalue weighted by Crippen LogP contribution is 2.17. The Balaban J connectivity index is 2.37. The van der Waals surface area contributed by atoms with Gasteiger partial charge in [-0.2, -0.15) is 0 Å². The van der Waals surface area contributed by atoms with Crippen molar-refractivity contribution < 1.29 is 0 Å². The molecular formula is C6H11NS. The number of aliphatic imine (C=N–C) groups is 1. The Morgan fingerprint density at radius 2 is 2.50 bits per heavy atom. The van der Waals surface area contributed by atoms with Gasteiger partial charge in [0.2, 0.25) is 0 Å². The van der Waals surface area contributed by atoms with Gasteiger partial charge in [0.15, 0.2) is 0 Å². The number of thioether (sulfide) groups is 1. The summed E-state index contributed by atoms with van der Waals surface area (Å²) in [5.74, 6) is 0.803. The zero-order chi connectivity index (χ0) is 5.98. The Hall–Kier alpha value is 0.0200. The van der Waals surface area contributed by atoms with E-state index in [4.69, 9.17) is 0 Å². The smallest absolute Gasteiger partial charge is 0.0676 e. The Kier molecular flexibility index (Phi) is 1.95. The first kappa shape index (κ1) is 6.14. The van der Waals surface area contributed by atoms with Gasteiger partial charge in [0.05, 0.1) is 5.04 Å². The zero-order valence-electron chi connectivity index (χ0n) is 5.35. The fraction of sp³-hybridized carbons (Fsp3) is 0.833. The molecule has 1 aliphatic rings. The lowest BCUT2D eigenvalue weighted by molar-refractivity contribution is 0.665. The summed E-state index contributed by atoms with van der Waals surface area (Å²) >= 11 is 1.79. The van der Waals surface area contributed by atoms with E-state index in [1.54, 1.807) is 11.8 Å². The number of hydrogen-bond donors (Lipinski definition) is 0. The second-order valence-electron chi connectivity index (χ2n) is 2.25. The van der Waals surface area contributed by atoms with Crippen molar-refractivity contribution in [1.29, 1.82) is 0 Å². The van der Waals surface area contributed by atoms with Gasteiger partial charge in [-0.3, -0.25) is 4.99 Å². The number of nitrogens with zero attached hydrogens (tertiary/aromatic N) is 1. The maximum Gasteiger partial charge on any atom is 0.0676 e. The standard InChI is InChI=1S/C6H11NS/c1-5-3-6(8-2)7-4-5/h5H,3-4H2,1-2H3/t5-/m0/s1. The second kappa shape index (κ2) is 2.53. The van der Waals surface area contributed by atoms with E-state index in [0.29, 0.717) is 0 Å². The van der Waals surface area contributed by atoms with Gasteiger partial charge in [-0.25, -0.2) is 0 Å². The molecule has 46 valence electrons. The van der Waals surface area contributed by atoms with Gasteiger partial charge in [0, 0.05) is 6.54 Å². The van der Waals surface area contributed by atoms with E-state index >= 15 is 0 Å². The molecule has 1 nitrogen and oxygen atoms in total. The van der Waals surface area contributed by atoms with Crippen LogP contribution in [-0.2, 0) is 0 Å².